The molecule has 1 heterocycles. The van der Waals surface area contributed by atoms with E-state index in [1.165, 1.54) is 21.6 Å². The zero-order valence-electron chi connectivity index (χ0n) is 15.5. The lowest BCUT2D eigenvalue weighted by molar-refractivity contribution is 0.171. The molecular weight excluding hydrogens is 386 g/mol. The standard InChI is InChI=1S/C19H18F2N4O2S/c1-4-11-10-12(8-9-15(11)27-19(26)24(2)3)17-22-23-18(28)25(17)14-7-5-6-13(20)16(14)21/h5-10H,4H2,1-3H3,(H,23,28). The Bertz CT molecular complexity index is 1090. The van der Waals surface area contributed by atoms with E-state index < -0.39 is 17.7 Å². The quantitative estimate of drug-likeness (QED) is 0.651. The molecule has 0 saturated carbocycles. The molecule has 3 rings (SSSR count). The number of H-pyrrole nitrogens is 1. The molecule has 28 heavy (non-hydrogen) atoms. The summed E-state index contributed by atoms with van der Waals surface area (Å²) in [6.07, 6.45) is 0.0931. The van der Waals surface area contributed by atoms with E-state index in [0.717, 1.165) is 11.6 Å². The third-order valence-electron chi connectivity index (χ3n) is 4.11. The normalized spacial score (nSPS) is 10.8. The third-order valence-corrected chi connectivity index (χ3v) is 4.38. The highest BCUT2D eigenvalue weighted by Crippen LogP contribution is 2.29. The lowest BCUT2D eigenvalue weighted by Crippen LogP contribution is -2.25. The summed E-state index contributed by atoms with van der Waals surface area (Å²) in [6, 6.07) is 8.94. The van der Waals surface area contributed by atoms with Gasteiger partial charge in [-0.1, -0.05) is 13.0 Å². The molecule has 1 N–H and O–H groups in total. The summed E-state index contributed by atoms with van der Waals surface area (Å²) in [5.74, 6) is -1.27. The molecule has 3 aromatic rings. The minimum atomic E-state index is -1.02. The summed E-state index contributed by atoms with van der Waals surface area (Å²) in [5, 5.41) is 6.78. The van der Waals surface area contributed by atoms with Crippen molar-refractivity contribution in [1.82, 2.24) is 19.7 Å². The summed E-state index contributed by atoms with van der Waals surface area (Å²) >= 11 is 5.21. The molecule has 0 fully saturated rings. The Balaban J connectivity index is 2.10. The number of carbonyl (C=O) groups excluding carboxylic acids is 1. The molecule has 2 aromatic carbocycles. The predicted octanol–water partition coefficient (Wildman–Crippen LogP) is 4.50. The number of hydrogen-bond donors (Lipinski definition) is 1. The van der Waals surface area contributed by atoms with Crippen LogP contribution in [0, 0.1) is 16.4 Å². The molecule has 6 nitrogen and oxygen atoms in total. The van der Waals surface area contributed by atoms with Gasteiger partial charge in [-0.05, 0) is 54.5 Å². The van der Waals surface area contributed by atoms with Crippen LogP contribution in [0.25, 0.3) is 17.1 Å². The first kappa shape index (κ1) is 19.7. The van der Waals surface area contributed by atoms with E-state index in [-0.39, 0.29) is 10.5 Å². The van der Waals surface area contributed by atoms with Gasteiger partial charge in [-0.15, -0.1) is 0 Å². The minimum absolute atomic E-state index is 0.0464. The Kier molecular flexibility index (Phi) is 5.55. The van der Waals surface area contributed by atoms with Gasteiger partial charge in [0, 0.05) is 19.7 Å². The van der Waals surface area contributed by atoms with Crippen LogP contribution in [0.15, 0.2) is 36.4 Å². The molecule has 1 amide bonds. The van der Waals surface area contributed by atoms with Crippen molar-refractivity contribution in [2.45, 2.75) is 13.3 Å². The summed E-state index contributed by atoms with van der Waals surface area (Å²) in [6.45, 7) is 1.91. The Morgan fingerprint density at radius 2 is 2.04 bits per heavy atom. The van der Waals surface area contributed by atoms with Crippen molar-refractivity contribution in [3.8, 4) is 22.8 Å². The van der Waals surface area contributed by atoms with Crippen molar-refractivity contribution in [2.24, 2.45) is 0 Å². The maximum absolute atomic E-state index is 14.3. The third kappa shape index (κ3) is 3.65. The number of halogens is 2. The van der Waals surface area contributed by atoms with Crippen LogP contribution in [0.1, 0.15) is 12.5 Å². The molecule has 146 valence electrons. The fourth-order valence-corrected chi connectivity index (χ4v) is 2.89. The summed E-state index contributed by atoms with van der Waals surface area (Å²) in [5.41, 5.74) is 1.32. The molecule has 0 bridgehead atoms. The monoisotopic (exact) mass is 404 g/mol. The molecule has 0 radical (unpaired) electrons. The van der Waals surface area contributed by atoms with E-state index in [4.69, 9.17) is 17.0 Å². The summed E-state index contributed by atoms with van der Waals surface area (Å²) in [7, 11) is 3.18. The fourth-order valence-electron chi connectivity index (χ4n) is 2.66. The van der Waals surface area contributed by atoms with Crippen molar-refractivity contribution in [3.63, 3.8) is 0 Å². The van der Waals surface area contributed by atoms with E-state index in [2.05, 4.69) is 10.2 Å². The number of aromatic nitrogens is 3. The van der Waals surface area contributed by atoms with Crippen LogP contribution >= 0.6 is 12.2 Å². The first-order valence-corrected chi connectivity index (χ1v) is 8.88. The van der Waals surface area contributed by atoms with Crippen LogP contribution < -0.4 is 4.74 Å². The topological polar surface area (TPSA) is 63.2 Å². The maximum atomic E-state index is 14.3. The van der Waals surface area contributed by atoms with Crippen LogP contribution in [0.5, 0.6) is 5.75 Å². The number of aryl methyl sites for hydroxylation is 1. The van der Waals surface area contributed by atoms with Crippen molar-refractivity contribution >= 4 is 18.3 Å². The minimum Gasteiger partial charge on any atom is -0.410 e. The van der Waals surface area contributed by atoms with Crippen LogP contribution in [0.2, 0.25) is 0 Å². The summed E-state index contributed by atoms with van der Waals surface area (Å²) < 4.78 is 34.8. The van der Waals surface area contributed by atoms with Gasteiger partial charge in [-0.25, -0.2) is 13.6 Å². The molecule has 0 aliphatic heterocycles. The van der Waals surface area contributed by atoms with Crippen LogP contribution in [-0.4, -0.2) is 39.9 Å². The molecular formula is C19H18F2N4O2S. The largest absolute Gasteiger partial charge is 0.414 e. The van der Waals surface area contributed by atoms with E-state index in [9.17, 15) is 13.6 Å². The number of aromatic amines is 1. The van der Waals surface area contributed by atoms with Crippen molar-refractivity contribution in [1.29, 1.82) is 0 Å². The second-order valence-corrected chi connectivity index (χ2v) is 6.59. The molecule has 0 spiro atoms. The first-order chi connectivity index (χ1) is 13.3. The second kappa shape index (κ2) is 7.89. The van der Waals surface area contributed by atoms with Crippen LogP contribution in [0.3, 0.4) is 0 Å². The number of carbonyl (C=O) groups is 1. The van der Waals surface area contributed by atoms with Gasteiger partial charge in [0.15, 0.2) is 22.2 Å². The Hall–Kier alpha value is -3.07. The second-order valence-electron chi connectivity index (χ2n) is 6.20. The number of nitrogens with zero attached hydrogens (tertiary/aromatic N) is 3. The molecule has 0 aliphatic carbocycles. The first-order valence-electron chi connectivity index (χ1n) is 8.47. The smallest absolute Gasteiger partial charge is 0.410 e. The molecule has 0 unspecified atom stereocenters. The highest BCUT2D eigenvalue weighted by atomic mass is 32.1. The summed E-state index contributed by atoms with van der Waals surface area (Å²) in [4.78, 5) is 13.2. The van der Waals surface area contributed by atoms with Gasteiger partial charge in [0.2, 0.25) is 0 Å². The van der Waals surface area contributed by atoms with Crippen LogP contribution in [0.4, 0.5) is 13.6 Å². The molecule has 0 aliphatic rings. The Labute approximate surface area is 165 Å². The number of benzene rings is 2. The van der Waals surface area contributed by atoms with Gasteiger partial charge < -0.3 is 9.64 Å². The molecule has 0 atom stereocenters. The van der Waals surface area contributed by atoms with Gasteiger partial charge in [0.25, 0.3) is 0 Å². The highest BCUT2D eigenvalue weighted by molar-refractivity contribution is 7.71. The van der Waals surface area contributed by atoms with Crippen molar-refractivity contribution in [2.75, 3.05) is 14.1 Å². The number of nitrogens with one attached hydrogen (secondary N) is 1. The number of amides is 1. The maximum Gasteiger partial charge on any atom is 0.414 e. The predicted molar refractivity (Wildman–Crippen MR) is 103 cm³/mol. The lowest BCUT2D eigenvalue weighted by atomic mass is 10.1. The van der Waals surface area contributed by atoms with Gasteiger partial charge >= 0.3 is 6.09 Å². The lowest BCUT2D eigenvalue weighted by Gasteiger charge is -2.14. The molecule has 9 heteroatoms. The number of rotatable bonds is 4. The van der Waals surface area contributed by atoms with Gasteiger partial charge in [0.05, 0.1) is 5.69 Å². The van der Waals surface area contributed by atoms with Gasteiger partial charge in [-0.3, -0.25) is 9.67 Å². The van der Waals surface area contributed by atoms with Gasteiger partial charge in [-0.2, -0.15) is 5.10 Å². The SMILES string of the molecule is CCc1cc(-c2n[nH]c(=S)n2-c2cccc(F)c2F)ccc1OC(=O)N(C)C. The van der Waals surface area contributed by atoms with E-state index >= 15 is 0 Å². The Morgan fingerprint density at radius 1 is 1.29 bits per heavy atom. The average molecular weight is 404 g/mol. The van der Waals surface area contributed by atoms with Crippen LogP contribution in [-0.2, 0) is 6.42 Å². The molecule has 0 saturated heterocycles. The van der Waals surface area contributed by atoms with Crippen molar-refractivity contribution < 1.29 is 18.3 Å². The molecule has 1 aromatic heterocycles. The van der Waals surface area contributed by atoms with E-state index in [0.29, 0.717) is 23.6 Å². The zero-order valence-corrected chi connectivity index (χ0v) is 16.3. The number of ether oxygens (including phenoxy) is 1. The van der Waals surface area contributed by atoms with E-state index in [1.54, 1.807) is 32.3 Å². The highest BCUT2D eigenvalue weighted by Gasteiger charge is 2.18. The average Bonchev–Trinajstić information content (AvgIpc) is 3.05. The number of hydrogen-bond acceptors (Lipinski definition) is 4. The van der Waals surface area contributed by atoms with E-state index in [1.807, 2.05) is 6.92 Å². The van der Waals surface area contributed by atoms with Gasteiger partial charge in [0.1, 0.15) is 5.75 Å². The Morgan fingerprint density at radius 3 is 2.71 bits per heavy atom. The fraction of sp³-hybridized carbons (Fsp3) is 0.211. The zero-order chi connectivity index (χ0) is 20.4. The van der Waals surface area contributed by atoms with Crippen molar-refractivity contribution in [3.05, 3.63) is 58.4 Å².